The summed E-state index contributed by atoms with van der Waals surface area (Å²) in [4.78, 5) is 0. The number of hydrogen-bond donors (Lipinski definition) is 0. The molecule has 1 fully saturated rings. The summed E-state index contributed by atoms with van der Waals surface area (Å²) < 4.78 is 4.51. The van der Waals surface area contributed by atoms with E-state index in [1.54, 1.807) is 0 Å². The third kappa shape index (κ3) is 2.06. The molecule has 0 N–H and O–H groups in total. The summed E-state index contributed by atoms with van der Waals surface area (Å²) in [6.07, 6.45) is 8.39. The van der Waals surface area contributed by atoms with Crippen LogP contribution in [0, 0.1) is 0 Å². The number of aryl methyl sites for hydroxylation is 1. The Labute approximate surface area is 124 Å². The van der Waals surface area contributed by atoms with Gasteiger partial charge in [-0.15, -0.1) is 10.2 Å². The molecule has 4 nitrogen and oxygen atoms in total. The van der Waals surface area contributed by atoms with E-state index in [1.807, 2.05) is 6.33 Å². The predicted octanol–water partition coefficient (Wildman–Crippen LogP) is 3.94. The van der Waals surface area contributed by atoms with Crippen molar-refractivity contribution < 1.29 is 0 Å². The molecule has 1 aliphatic carbocycles. The fourth-order valence-corrected chi connectivity index (χ4v) is 3.56. The summed E-state index contributed by atoms with van der Waals surface area (Å²) in [6.45, 7) is 0. The van der Waals surface area contributed by atoms with E-state index in [0.717, 1.165) is 11.5 Å². The van der Waals surface area contributed by atoms with Crippen LogP contribution < -0.4 is 0 Å². The van der Waals surface area contributed by atoms with Crippen LogP contribution in [0.1, 0.15) is 38.1 Å². The molecule has 3 aromatic rings. The number of para-hydroxylation sites is 1. The van der Waals surface area contributed by atoms with E-state index in [2.05, 4.69) is 56.7 Å². The van der Waals surface area contributed by atoms with Crippen molar-refractivity contribution in [3.8, 4) is 11.5 Å². The molecule has 0 saturated heterocycles. The van der Waals surface area contributed by atoms with E-state index in [1.165, 1.54) is 43.0 Å². The van der Waals surface area contributed by atoms with Gasteiger partial charge in [0.2, 0.25) is 0 Å². The highest BCUT2D eigenvalue weighted by molar-refractivity contribution is 5.85. The average Bonchev–Trinajstić information content (AvgIpc) is 3.13. The van der Waals surface area contributed by atoms with E-state index in [0.29, 0.717) is 6.04 Å². The standard InChI is InChI=1S/C17H20N4/c1-20-15-10-6-5-7-13(15)11-16(20)17-19-18-12-21(17)14-8-3-2-4-9-14/h5-7,10-12,14H,2-4,8-9H2,1H3. The number of nitrogens with zero attached hydrogens (tertiary/aromatic N) is 4. The Morgan fingerprint density at radius 2 is 1.90 bits per heavy atom. The van der Waals surface area contributed by atoms with Crippen molar-refractivity contribution in [1.82, 2.24) is 19.3 Å². The molecule has 1 aromatic carbocycles. The molecule has 108 valence electrons. The quantitative estimate of drug-likeness (QED) is 0.712. The first-order chi connectivity index (χ1) is 10.3. The Bertz CT molecular complexity index is 762. The molecular weight excluding hydrogens is 260 g/mol. The monoisotopic (exact) mass is 280 g/mol. The molecule has 21 heavy (non-hydrogen) atoms. The highest BCUT2D eigenvalue weighted by Crippen LogP contribution is 2.33. The van der Waals surface area contributed by atoms with Gasteiger partial charge in [-0.3, -0.25) is 0 Å². The number of hydrogen-bond acceptors (Lipinski definition) is 2. The average molecular weight is 280 g/mol. The molecule has 0 atom stereocenters. The molecule has 1 aliphatic rings. The maximum absolute atomic E-state index is 4.41. The van der Waals surface area contributed by atoms with Gasteiger partial charge in [-0.05, 0) is 25.0 Å². The highest BCUT2D eigenvalue weighted by atomic mass is 15.3. The van der Waals surface area contributed by atoms with Crippen LogP contribution in [0.5, 0.6) is 0 Å². The molecule has 0 amide bonds. The van der Waals surface area contributed by atoms with Crippen molar-refractivity contribution in [1.29, 1.82) is 0 Å². The van der Waals surface area contributed by atoms with Gasteiger partial charge >= 0.3 is 0 Å². The highest BCUT2D eigenvalue weighted by Gasteiger charge is 2.21. The third-order valence-electron chi connectivity index (χ3n) is 4.72. The van der Waals surface area contributed by atoms with Crippen molar-refractivity contribution in [3.63, 3.8) is 0 Å². The SMILES string of the molecule is Cn1c(-c2nncn2C2CCCCC2)cc2ccccc21. The van der Waals surface area contributed by atoms with Crippen LogP contribution >= 0.6 is 0 Å². The number of benzene rings is 1. The molecule has 0 radical (unpaired) electrons. The van der Waals surface area contributed by atoms with Crippen LogP contribution in [0.2, 0.25) is 0 Å². The molecule has 0 bridgehead atoms. The summed E-state index contributed by atoms with van der Waals surface area (Å²) in [7, 11) is 2.11. The smallest absolute Gasteiger partial charge is 0.180 e. The van der Waals surface area contributed by atoms with Gasteiger partial charge in [0, 0.05) is 24.0 Å². The van der Waals surface area contributed by atoms with Gasteiger partial charge in [-0.25, -0.2) is 0 Å². The predicted molar refractivity (Wildman–Crippen MR) is 84.1 cm³/mol. The minimum absolute atomic E-state index is 0.557. The lowest BCUT2D eigenvalue weighted by molar-refractivity contribution is 0.354. The Balaban J connectivity index is 1.82. The topological polar surface area (TPSA) is 35.6 Å². The van der Waals surface area contributed by atoms with Crippen LogP contribution in [0.4, 0.5) is 0 Å². The van der Waals surface area contributed by atoms with Crippen LogP contribution in [-0.4, -0.2) is 19.3 Å². The van der Waals surface area contributed by atoms with Crippen LogP contribution in [0.25, 0.3) is 22.4 Å². The molecule has 2 heterocycles. The zero-order chi connectivity index (χ0) is 14.2. The van der Waals surface area contributed by atoms with Gasteiger partial charge in [0.1, 0.15) is 6.33 Å². The Morgan fingerprint density at radius 3 is 2.71 bits per heavy atom. The fourth-order valence-electron chi connectivity index (χ4n) is 3.56. The molecule has 4 heteroatoms. The van der Waals surface area contributed by atoms with E-state index >= 15 is 0 Å². The van der Waals surface area contributed by atoms with Crippen molar-refractivity contribution in [2.75, 3.05) is 0 Å². The van der Waals surface area contributed by atoms with E-state index < -0.39 is 0 Å². The second-order valence-corrected chi connectivity index (χ2v) is 6.00. The zero-order valence-corrected chi connectivity index (χ0v) is 12.4. The fraction of sp³-hybridized carbons (Fsp3) is 0.412. The van der Waals surface area contributed by atoms with Crippen molar-refractivity contribution >= 4 is 10.9 Å². The number of rotatable bonds is 2. The van der Waals surface area contributed by atoms with Crippen LogP contribution in [0.15, 0.2) is 36.7 Å². The molecular formula is C17H20N4. The van der Waals surface area contributed by atoms with Gasteiger partial charge in [0.25, 0.3) is 0 Å². The summed E-state index contributed by atoms with van der Waals surface area (Å²) in [6, 6.07) is 11.2. The summed E-state index contributed by atoms with van der Waals surface area (Å²) in [5.74, 6) is 1.00. The Kier molecular flexibility index (Phi) is 3.02. The summed E-state index contributed by atoms with van der Waals surface area (Å²) >= 11 is 0. The second kappa shape index (κ2) is 5.02. The van der Waals surface area contributed by atoms with Crippen LogP contribution in [-0.2, 0) is 7.05 Å². The van der Waals surface area contributed by atoms with Crippen molar-refractivity contribution in [3.05, 3.63) is 36.7 Å². The van der Waals surface area contributed by atoms with Gasteiger partial charge < -0.3 is 9.13 Å². The minimum Gasteiger partial charge on any atom is -0.341 e. The molecule has 0 spiro atoms. The Morgan fingerprint density at radius 1 is 1.10 bits per heavy atom. The summed E-state index contributed by atoms with van der Waals surface area (Å²) in [5, 5.41) is 9.85. The lowest BCUT2D eigenvalue weighted by atomic mass is 9.95. The molecule has 4 rings (SSSR count). The van der Waals surface area contributed by atoms with Gasteiger partial charge in [-0.1, -0.05) is 37.5 Å². The zero-order valence-electron chi connectivity index (χ0n) is 12.4. The number of aromatic nitrogens is 4. The normalized spacial score (nSPS) is 16.6. The molecule has 0 unspecified atom stereocenters. The molecule has 2 aromatic heterocycles. The maximum Gasteiger partial charge on any atom is 0.180 e. The van der Waals surface area contributed by atoms with Gasteiger partial charge in [0.15, 0.2) is 5.82 Å². The first-order valence-electron chi connectivity index (χ1n) is 7.79. The van der Waals surface area contributed by atoms with Gasteiger partial charge in [0.05, 0.1) is 5.69 Å². The third-order valence-corrected chi connectivity index (χ3v) is 4.72. The van der Waals surface area contributed by atoms with E-state index in [-0.39, 0.29) is 0 Å². The van der Waals surface area contributed by atoms with E-state index in [4.69, 9.17) is 0 Å². The first kappa shape index (κ1) is 12.6. The summed E-state index contributed by atoms with van der Waals surface area (Å²) in [5.41, 5.74) is 2.39. The lowest BCUT2D eigenvalue weighted by Gasteiger charge is -2.24. The lowest BCUT2D eigenvalue weighted by Crippen LogP contribution is -2.13. The largest absolute Gasteiger partial charge is 0.341 e. The Hall–Kier alpha value is -2.10. The van der Waals surface area contributed by atoms with Crippen molar-refractivity contribution in [2.45, 2.75) is 38.1 Å². The van der Waals surface area contributed by atoms with E-state index in [9.17, 15) is 0 Å². The van der Waals surface area contributed by atoms with Crippen LogP contribution in [0.3, 0.4) is 0 Å². The minimum atomic E-state index is 0.557. The number of fused-ring (bicyclic) bond motifs is 1. The van der Waals surface area contributed by atoms with Gasteiger partial charge in [-0.2, -0.15) is 0 Å². The first-order valence-corrected chi connectivity index (χ1v) is 7.79. The molecule has 1 saturated carbocycles. The maximum atomic E-state index is 4.41. The second-order valence-electron chi connectivity index (χ2n) is 6.00. The van der Waals surface area contributed by atoms with Crippen molar-refractivity contribution in [2.24, 2.45) is 7.05 Å². The molecule has 0 aliphatic heterocycles.